The third-order valence-corrected chi connectivity index (χ3v) is 1.66. The minimum Gasteiger partial charge on any atom is -0.299 e. The fraction of sp³-hybridized carbons (Fsp3) is 0.333. The Hall–Kier alpha value is -0.370. The molecule has 0 N–H and O–H groups in total. The highest BCUT2D eigenvalue weighted by atomic mass is 32.2. The van der Waals surface area contributed by atoms with E-state index in [1.165, 1.54) is 0 Å². The lowest BCUT2D eigenvalue weighted by Crippen LogP contribution is -1.78. The van der Waals surface area contributed by atoms with Crippen molar-refractivity contribution in [3.05, 3.63) is 24.5 Å². The van der Waals surface area contributed by atoms with Gasteiger partial charge in [0.25, 0.3) is 0 Å². The number of aromatic nitrogens is 1. The Kier molecular flexibility index (Phi) is 2.03. The molecule has 0 atom stereocenters. The van der Waals surface area contributed by atoms with Crippen LogP contribution in [0.1, 0.15) is 6.92 Å². The predicted molar refractivity (Wildman–Crippen MR) is 38.0 cm³/mol. The zero-order valence-corrected chi connectivity index (χ0v) is 5.69. The maximum absolute atomic E-state index is 2.14. The molecule has 0 radical (unpaired) electrons. The number of hydrogen-bond donors (Lipinski definition) is 0. The highest BCUT2D eigenvalue weighted by molar-refractivity contribution is 7.97. The Morgan fingerprint density at radius 1 is 1.38 bits per heavy atom. The molecule has 0 aromatic carbocycles. The predicted octanol–water partition coefficient (Wildman–Crippen LogP) is 2.00. The van der Waals surface area contributed by atoms with Crippen molar-refractivity contribution in [2.45, 2.75) is 6.92 Å². The third kappa shape index (κ3) is 1.30. The van der Waals surface area contributed by atoms with Crippen molar-refractivity contribution < 1.29 is 0 Å². The van der Waals surface area contributed by atoms with Gasteiger partial charge in [-0.15, -0.1) is 0 Å². The molecule has 0 amide bonds. The van der Waals surface area contributed by atoms with Crippen molar-refractivity contribution in [3.63, 3.8) is 0 Å². The van der Waals surface area contributed by atoms with Gasteiger partial charge in [0.2, 0.25) is 0 Å². The molecule has 0 saturated carbocycles. The maximum Gasteiger partial charge on any atom is 0.0156 e. The summed E-state index contributed by atoms with van der Waals surface area (Å²) in [4.78, 5) is 0. The fourth-order valence-corrected chi connectivity index (χ4v) is 1.16. The van der Waals surface area contributed by atoms with E-state index in [9.17, 15) is 0 Å². The number of nitrogens with zero attached hydrogens (tertiary/aromatic N) is 1. The van der Waals surface area contributed by atoms with Gasteiger partial charge in [0.15, 0.2) is 0 Å². The summed E-state index contributed by atoms with van der Waals surface area (Å²) >= 11 is 1.80. The van der Waals surface area contributed by atoms with E-state index in [2.05, 4.69) is 10.9 Å². The Bertz CT molecular complexity index is 134. The Balaban J connectivity index is 2.50. The van der Waals surface area contributed by atoms with E-state index in [4.69, 9.17) is 0 Å². The third-order valence-electron chi connectivity index (χ3n) is 0.855. The van der Waals surface area contributed by atoms with Crippen molar-refractivity contribution in [1.82, 2.24) is 3.97 Å². The van der Waals surface area contributed by atoms with Crippen LogP contribution in [0.15, 0.2) is 24.5 Å². The summed E-state index contributed by atoms with van der Waals surface area (Å²) in [6.45, 7) is 2.14. The van der Waals surface area contributed by atoms with Crippen molar-refractivity contribution in [2.24, 2.45) is 0 Å². The first-order valence-electron chi connectivity index (χ1n) is 2.69. The first kappa shape index (κ1) is 5.76. The molecular formula is C6H9NS. The number of hydrogen-bond acceptors (Lipinski definition) is 1. The molecule has 44 valence electrons. The van der Waals surface area contributed by atoms with Crippen molar-refractivity contribution in [2.75, 3.05) is 5.75 Å². The second kappa shape index (κ2) is 2.82. The van der Waals surface area contributed by atoms with E-state index in [1.807, 2.05) is 24.5 Å². The summed E-state index contributed by atoms with van der Waals surface area (Å²) in [6.07, 6.45) is 4.10. The summed E-state index contributed by atoms with van der Waals surface area (Å²) in [5.41, 5.74) is 0. The monoisotopic (exact) mass is 127 g/mol. The van der Waals surface area contributed by atoms with Gasteiger partial charge in [-0.3, -0.25) is 3.97 Å². The summed E-state index contributed by atoms with van der Waals surface area (Å²) in [5, 5.41) is 0. The van der Waals surface area contributed by atoms with Gasteiger partial charge in [0.05, 0.1) is 0 Å². The average molecular weight is 127 g/mol. The molecule has 2 heteroatoms. The van der Waals surface area contributed by atoms with Crippen LogP contribution in [0.2, 0.25) is 0 Å². The summed E-state index contributed by atoms with van der Waals surface area (Å²) in [6, 6.07) is 4.06. The van der Waals surface area contributed by atoms with E-state index in [0.29, 0.717) is 0 Å². The summed E-state index contributed by atoms with van der Waals surface area (Å²) < 4.78 is 2.10. The van der Waals surface area contributed by atoms with Gasteiger partial charge in [0, 0.05) is 18.1 Å². The van der Waals surface area contributed by atoms with Crippen LogP contribution in [-0.4, -0.2) is 9.73 Å². The van der Waals surface area contributed by atoms with Crippen LogP contribution in [0.5, 0.6) is 0 Å². The normalized spacial score (nSPS) is 9.62. The molecule has 1 rings (SSSR count). The van der Waals surface area contributed by atoms with Gasteiger partial charge in [-0.05, 0) is 24.1 Å². The molecule has 0 unspecified atom stereocenters. The summed E-state index contributed by atoms with van der Waals surface area (Å²) in [7, 11) is 0. The van der Waals surface area contributed by atoms with Crippen LogP contribution in [0, 0.1) is 0 Å². The van der Waals surface area contributed by atoms with Crippen molar-refractivity contribution in [3.8, 4) is 0 Å². The second-order valence-electron chi connectivity index (χ2n) is 1.46. The van der Waals surface area contributed by atoms with Crippen LogP contribution in [0.3, 0.4) is 0 Å². The highest BCUT2D eigenvalue weighted by Gasteiger charge is 1.81. The lowest BCUT2D eigenvalue weighted by molar-refractivity contribution is 1.27. The van der Waals surface area contributed by atoms with Crippen molar-refractivity contribution >= 4 is 11.9 Å². The van der Waals surface area contributed by atoms with Gasteiger partial charge in [-0.25, -0.2) is 0 Å². The van der Waals surface area contributed by atoms with Crippen LogP contribution in [0.4, 0.5) is 0 Å². The van der Waals surface area contributed by atoms with Crippen LogP contribution in [-0.2, 0) is 0 Å². The zero-order valence-electron chi connectivity index (χ0n) is 4.87. The van der Waals surface area contributed by atoms with E-state index < -0.39 is 0 Å². The molecule has 0 aliphatic heterocycles. The SMILES string of the molecule is CCSn1cccc1. The molecular weight excluding hydrogens is 118 g/mol. The molecule has 0 saturated heterocycles. The minimum atomic E-state index is 1.13. The van der Waals surface area contributed by atoms with Gasteiger partial charge in [-0.2, -0.15) is 0 Å². The van der Waals surface area contributed by atoms with Crippen LogP contribution < -0.4 is 0 Å². The lowest BCUT2D eigenvalue weighted by Gasteiger charge is -1.93. The molecule has 0 bridgehead atoms. The van der Waals surface area contributed by atoms with Crippen molar-refractivity contribution in [1.29, 1.82) is 0 Å². The van der Waals surface area contributed by atoms with E-state index in [0.717, 1.165) is 5.75 Å². The Morgan fingerprint density at radius 3 is 2.50 bits per heavy atom. The molecule has 0 spiro atoms. The van der Waals surface area contributed by atoms with Gasteiger partial charge < -0.3 is 0 Å². The van der Waals surface area contributed by atoms with E-state index in [-0.39, 0.29) is 0 Å². The molecule has 0 aliphatic rings. The molecule has 1 aromatic heterocycles. The lowest BCUT2D eigenvalue weighted by atomic mass is 10.7. The Labute approximate surface area is 53.8 Å². The molecule has 8 heavy (non-hydrogen) atoms. The first-order valence-corrected chi connectivity index (χ1v) is 3.64. The molecule has 1 heterocycles. The first-order chi connectivity index (χ1) is 3.93. The molecule has 1 nitrogen and oxygen atoms in total. The van der Waals surface area contributed by atoms with Gasteiger partial charge >= 0.3 is 0 Å². The minimum absolute atomic E-state index is 1.13. The Morgan fingerprint density at radius 2 is 2.00 bits per heavy atom. The molecule has 0 aliphatic carbocycles. The fourth-order valence-electron chi connectivity index (χ4n) is 0.554. The molecule has 0 fully saturated rings. The van der Waals surface area contributed by atoms with E-state index in [1.54, 1.807) is 11.9 Å². The summed E-state index contributed by atoms with van der Waals surface area (Å²) in [5.74, 6) is 1.13. The smallest absolute Gasteiger partial charge is 0.0156 e. The number of rotatable bonds is 2. The maximum atomic E-state index is 2.14. The zero-order chi connectivity index (χ0) is 5.82. The molecule has 1 aromatic rings. The van der Waals surface area contributed by atoms with E-state index >= 15 is 0 Å². The highest BCUT2D eigenvalue weighted by Crippen LogP contribution is 2.03. The topological polar surface area (TPSA) is 4.93 Å². The van der Waals surface area contributed by atoms with Crippen LogP contribution >= 0.6 is 11.9 Å². The quantitative estimate of drug-likeness (QED) is 0.588. The second-order valence-corrected chi connectivity index (χ2v) is 2.72. The van der Waals surface area contributed by atoms with Gasteiger partial charge in [0.1, 0.15) is 0 Å². The standard InChI is InChI=1S/C6H9NS/c1-2-8-7-5-3-4-6-7/h3-6H,2H2,1H3. The average Bonchev–Trinajstić information content (AvgIpc) is 2.19. The van der Waals surface area contributed by atoms with Crippen LogP contribution in [0.25, 0.3) is 0 Å². The largest absolute Gasteiger partial charge is 0.299 e. The van der Waals surface area contributed by atoms with Gasteiger partial charge in [-0.1, -0.05) is 6.92 Å².